The zero-order valence-electron chi connectivity index (χ0n) is 15.7. The zero-order chi connectivity index (χ0) is 18.6. The molecule has 4 rings (SSSR count). The first kappa shape index (κ1) is 18.2. The molecule has 0 unspecified atom stereocenters. The minimum Gasteiger partial charge on any atom is -0.285 e. The van der Waals surface area contributed by atoms with E-state index in [9.17, 15) is 4.79 Å². The minimum absolute atomic E-state index is 0.109. The van der Waals surface area contributed by atoms with Crippen molar-refractivity contribution in [3.05, 3.63) is 48.0 Å². The number of amidine groups is 1. The number of thioether (sulfide) groups is 1. The van der Waals surface area contributed by atoms with E-state index < -0.39 is 0 Å². The van der Waals surface area contributed by atoms with Crippen LogP contribution in [0.4, 0.5) is 0 Å². The summed E-state index contributed by atoms with van der Waals surface area (Å²) >= 11 is 1.49. The van der Waals surface area contributed by atoms with Crippen molar-refractivity contribution in [1.82, 2.24) is 4.90 Å². The molecule has 1 heterocycles. The average Bonchev–Trinajstić information content (AvgIpc) is 3.06. The molecule has 1 saturated heterocycles. The lowest BCUT2D eigenvalue weighted by Crippen LogP contribution is -2.29. The van der Waals surface area contributed by atoms with Crippen molar-refractivity contribution in [2.24, 2.45) is 16.1 Å². The first-order chi connectivity index (χ1) is 13.2. The van der Waals surface area contributed by atoms with E-state index in [0.29, 0.717) is 18.2 Å². The molecule has 4 nitrogen and oxygen atoms in total. The monoisotopic (exact) mass is 379 g/mol. The van der Waals surface area contributed by atoms with Crippen molar-refractivity contribution in [3.63, 3.8) is 0 Å². The van der Waals surface area contributed by atoms with Gasteiger partial charge >= 0.3 is 0 Å². The van der Waals surface area contributed by atoms with Gasteiger partial charge in [0.25, 0.3) is 0 Å². The summed E-state index contributed by atoms with van der Waals surface area (Å²) < 4.78 is 0. The summed E-state index contributed by atoms with van der Waals surface area (Å²) in [7, 11) is 0. The number of fused-ring (bicyclic) bond motifs is 1. The Bertz CT molecular complexity index is 894. The lowest BCUT2D eigenvalue weighted by atomic mass is 9.86. The molecule has 0 bridgehead atoms. The summed E-state index contributed by atoms with van der Waals surface area (Å²) in [6.07, 6.45) is 6.34. The highest BCUT2D eigenvalue weighted by molar-refractivity contribution is 8.15. The van der Waals surface area contributed by atoms with E-state index in [-0.39, 0.29) is 5.91 Å². The molecule has 0 atom stereocenters. The van der Waals surface area contributed by atoms with Gasteiger partial charge in [0, 0.05) is 5.71 Å². The summed E-state index contributed by atoms with van der Waals surface area (Å²) in [6.45, 7) is 2.63. The standard InChI is InChI=1S/C22H25N3OS/c1-16(17-8-3-2-4-9-17)23-24-22-25(21(26)15-27-22)14-19-12-7-11-18-10-5-6-13-20(18)19/h5-7,10-13,17H,2-4,8-9,14-15H2,1H3/b23-16+,24-22-. The van der Waals surface area contributed by atoms with E-state index in [1.165, 1.54) is 54.6 Å². The minimum atomic E-state index is 0.109. The number of carbonyl (C=O) groups is 1. The molecule has 0 spiro atoms. The summed E-state index contributed by atoms with van der Waals surface area (Å²) in [5.74, 6) is 1.11. The predicted octanol–water partition coefficient (Wildman–Crippen LogP) is 5.23. The topological polar surface area (TPSA) is 45.0 Å². The van der Waals surface area contributed by atoms with Crippen LogP contribution in [0.5, 0.6) is 0 Å². The molecule has 2 aromatic rings. The summed E-state index contributed by atoms with van der Waals surface area (Å²) in [5.41, 5.74) is 2.25. The maximum Gasteiger partial charge on any atom is 0.239 e. The molecule has 0 aromatic heterocycles. The molecule has 1 saturated carbocycles. The predicted molar refractivity (Wildman–Crippen MR) is 114 cm³/mol. The van der Waals surface area contributed by atoms with Crippen LogP contribution in [0.15, 0.2) is 52.7 Å². The summed E-state index contributed by atoms with van der Waals surface area (Å²) in [5, 5.41) is 12.1. The molecule has 2 aromatic carbocycles. The SMILES string of the molecule is C/C(=N\N=C1/SCC(=O)N1Cc1cccc2ccccc12)C1CCCCC1. The van der Waals surface area contributed by atoms with E-state index in [4.69, 9.17) is 0 Å². The third kappa shape index (κ3) is 4.08. The van der Waals surface area contributed by atoms with Crippen LogP contribution in [0.25, 0.3) is 10.8 Å². The Labute approximate surface area is 164 Å². The average molecular weight is 380 g/mol. The third-order valence-electron chi connectivity index (χ3n) is 5.55. The Kier molecular flexibility index (Phi) is 5.58. The highest BCUT2D eigenvalue weighted by atomic mass is 32.2. The number of benzene rings is 2. The van der Waals surface area contributed by atoms with E-state index in [1.807, 2.05) is 18.2 Å². The van der Waals surface area contributed by atoms with Crippen LogP contribution < -0.4 is 0 Å². The molecule has 140 valence electrons. The van der Waals surface area contributed by atoms with Gasteiger partial charge < -0.3 is 0 Å². The van der Waals surface area contributed by atoms with E-state index in [2.05, 4.69) is 41.4 Å². The molecular weight excluding hydrogens is 354 g/mol. The number of rotatable bonds is 4. The third-order valence-corrected chi connectivity index (χ3v) is 6.51. The van der Waals surface area contributed by atoms with Gasteiger partial charge in [0.1, 0.15) is 0 Å². The zero-order valence-corrected chi connectivity index (χ0v) is 16.5. The fourth-order valence-electron chi connectivity index (χ4n) is 3.95. The lowest BCUT2D eigenvalue weighted by molar-refractivity contribution is -0.124. The van der Waals surface area contributed by atoms with Crippen LogP contribution in [0, 0.1) is 5.92 Å². The van der Waals surface area contributed by atoms with Crippen molar-refractivity contribution < 1.29 is 4.79 Å². The van der Waals surface area contributed by atoms with E-state index in [1.54, 1.807) is 4.90 Å². The number of hydrogen-bond acceptors (Lipinski definition) is 4. The van der Waals surface area contributed by atoms with Crippen molar-refractivity contribution in [2.75, 3.05) is 5.75 Å². The fourth-order valence-corrected chi connectivity index (χ4v) is 4.78. The Morgan fingerprint density at radius 1 is 1.11 bits per heavy atom. The van der Waals surface area contributed by atoms with Crippen LogP contribution in [0.1, 0.15) is 44.6 Å². The quantitative estimate of drug-likeness (QED) is 0.539. The molecule has 1 amide bonds. The van der Waals surface area contributed by atoms with Crippen molar-refractivity contribution >= 4 is 39.3 Å². The second-order valence-corrected chi connectivity index (χ2v) is 8.31. The largest absolute Gasteiger partial charge is 0.285 e. The Morgan fingerprint density at radius 3 is 2.74 bits per heavy atom. The van der Waals surface area contributed by atoms with Crippen LogP contribution in [-0.4, -0.2) is 27.4 Å². The van der Waals surface area contributed by atoms with Gasteiger partial charge in [-0.25, -0.2) is 0 Å². The van der Waals surface area contributed by atoms with Gasteiger partial charge in [-0.2, -0.15) is 5.10 Å². The molecule has 2 aliphatic rings. The van der Waals surface area contributed by atoms with Gasteiger partial charge in [0.2, 0.25) is 5.91 Å². The van der Waals surface area contributed by atoms with Crippen molar-refractivity contribution in [3.8, 4) is 0 Å². The van der Waals surface area contributed by atoms with Crippen LogP contribution in [0.2, 0.25) is 0 Å². The smallest absolute Gasteiger partial charge is 0.239 e. The van der Waals surface area contributed by atoms with Gasteiger partial charge in [0.05, 0.1) is 12.3 Å². The maximum atomic E-state index is 12.4. The van der Waals surface area contributed by atoms with Crippen LogP contribution in [-0.2, 0) is 11.3 Å². The summed E-state index contributed by atoms with van der Waals surface area (Å²) in [6, 6.07) is 14.5. The van der Waals surface area contributed by atoms with E-state index in [0.717, 1.165) is 16.4 Å². The molecule has 1 aliphatic carbocycles. The Hall–Kier alpha value is -2.14. The molecule has 27 heavy (non-hydrogen) atoms. The maximum absolute atomic E-state index is 12.4. The number of amides is 1. The molecular formula is C22H25N3OS. The first-order valence-electron chi connectivity index (χ1n) is 9.74. The molecule has 0 radical (unpaired) electrons. The fraction of sp³-hybridized carbons (Fsp3) is 0.409. The van der Waals surface area contributed by atoms with Crippen molar-refractivity contribution in [2.45, 2.75) is 45.6 Å². The highest BCUT2D eigenvalue weighted by Gasteiger charge is 2.29. The van der Waals surface area contributed by atoms with Crippen molar-refractivity contribution in [1.29, 1.82) is 0 Å². The normalized spacial score (nSPS) is 20.8. The molecule has 1 aliphatic heterocycles. The van der Waals surface area contributed by atoms with Crippen LogP contribution >= 0.6 is 11.8 Å². The highest BCUT2D eigenvalue weighted by Crippen LogP contribution is 2.27. The van der Waals surface area contributed by atoms with Gasteiger partial charge in [-0.05, 0) is 42.0 Å². The molecule has 0 N–H and O–H groups in total. The van der Waals surface area contributed by atoms with Gasteiger partial charge in [-0.1, -0.05) is 73.5 Å². The Morgan fingerprint density at radius 2 is 1.89 bits per heavy atom. The number of nitrogens with zero attached hydrogens (tertiary/aromatic N) is 3. The first-order valence-corrected chi connectivity index (χ1v) is 10.7. The van der Waals surface area contributed by atoms with E-state index >= 15 is 0 Å². The second kappa shape index (κ2) is 8.26. The van der Waals surface area contributed by atoms with Gasteiger partial charge in [-0.3, -0.25) is 9.69 Å². The lowest BCUT2D eigenvalue weighted by Gasteiger charge is -2.20. The number of carbonyl (C=O) groups excluding carboxylic acids is 1. The van der Waals surface area contributed by atoms with Gasteiger partial charge in [-0.15, -0.1) is 5.10 Å². The molecule has 5 heteroatoms. The second-order valence-electron chi connectivity index (χ2n) is 7.37. The summed E-state index contributed by atoms with van der Waals surface area (Å²) in [4.78, 5) is 14.2. The Balaban J connectivity index is 1.56. The number of hydrogen-bond donors (Lipinski definition) is 0. The van der Waals surface area contributed by atoms with Crippen LogP contribution in [0.3, 0.4) is 0 Å². The molecule has 2 fully saturated rings. The van der Waals surface area contributed by atoms with Gasteiger partial charge in [0.15, 0.2) is 5.17 Å².